The molecule has 2 aromatic rings. The smallest absolute Gasteiger partial charge is 0.355 e. The van der Waals surface area contributed by atoms with Gasteiger partial charge in [0, 0.05) is 0 Å². The molecule has 1 heterocycles. The number of carbonyl (C=O) groups is 1. The molecule has 22 heavy (non-hydrogen) atoms. The van der Waals surface area contributed by atoms with Crippen LogP contribution in [0.25, 0.3) is 0 Å². The van der Waals surface area contributed by atoms with Gasteiger partial charge in [-0.25, -0.2) is 4.79 Å². The van der Waals surface area contributed by atoms with Crippen molar-refractivity contribution in [2.24, 2.45) is 10.2 Å². The van der Waals surface area contributed by atoms with Gasteiger partial charge in [0.1, 0.15) is 0 Å². The second-order valence-electron chi connectivity index (χ2n) is 5.25. The summed E-state index contributed by atoms with van der Waals surface area (Å²) in [5.74, 6) is -0.457. The van der Waals surface area contributed by atoms with Gasteiger partial charge in [-0.3, -0.25) is 0 Å². The Morgan fingerprint density at radius 2 is 1.55 bits per heavy atom. The number of carbonyl (C=O) groups excluding carboxylic acids is 1. The molecule has 1 aliphatic rings. The summed E-state index contributed by atoms with van der Waals surface area (Å²) in [6.45, 7) is 1.96. The Kier molecular flexibility index (Phi) is 3.59. The number of benzene rings is 2. The SMILES string of the molecule is COC(=O)C1=NN=C(c2ccccc2)C1(C)c1ccccc1. The van der Waals surface area contributed by atoms with E-state index in [9.17, 15) is 4.79 Å². The number of hydrogen-bond acceptors (Lipinski definition) is 4. The molecule has 0 bridgehead atoms. The summed E-state index contributed by atoms with van der Waals surface area (Å²) in [5, 5.41) is 8.41. The van der Waals surface area contributed by atoms with Gasteiger partial charge in [0.25, 0.3) is 0 Å². The van der Waals surface area contributed by atoms with Gasteiger partial charge < -0.3 is 4.74 Å². The minimum Gasteiger partial charge on any atom is -0.464 e. The van der Waals surface area contributed by atoms with Crippen molar-refractivity contribution in [3.63, 3.8) is 0 Å². The number of nitrogens with zero attached hydrogens (tertiary/aromatic N) is 2. The van der Waals surface area contributed by atoms with E-state index in [0.29, 0.717) is 5.71 Å². The van der Waals surface area contributed by atoms with E-state index in [2.05, 4.69) is 10.2 Å². The molecule has 0 amide bonds. The van der Waals surface area contributed by atoms with Gasteiger partial charge in [-0.15, -0.1) is 5.10 Å². The van der Waals surface area contributed by atoms with Crippen molar-refractivity contribution < 1.29 is 9.53 Å². The van der Waals surface area contributed by atoms with E-state index < -0.39 is 11.4 Å². The maximum absolute atomic E-state index is 12.2. The zero-order chi connectivity index (χ0) is 15.6. The standard InChI is InChI=1S/C18H16N2O2/c1-18(14-11-7-4-8-12-14)15(13-9-5-3-6-10-13)19-20-16(18)17(21)22-2/h3-12H,1-2H3. The first-order valence-electron chi connectivity index (χ1n) is 7.04. The number of methoxy groups -OCH3 is 1. The van der Waals surface area contributed by atoms with Crippen LogP contribution in [0.3, 0.4) is 0 Å². The highest BCUT2D eigenvalue weighted by atomic mass is 16.5. The molecule has 0 aromatic heterocycles. The van der Waals surface area contributed by atoms with Crippen molar-refractivity contribution >= 4 is 17.4 Å². The van der Waals surface area contributed by atoms with Crippen molar-refractivity contribution in [2.75, 3.05) is 7.11 Å². The van der Waals surface area contributed by atoms with Crippen LogP contribution < -0.4 is 0 Å². The van der Waals surface area contributed by atoms with E-state index >= 15 is 0 Å². The summed E-state index contributed by atoms with van der Waals surface area (Å²) in [5.41, 5.74) is 2.23. The number of hydrogen-bond donors (Lipinski definition) is 0. The van der Waals surface area contributed by atoms with E-state index in [-0.39, 0.29) is 0 Å². The third-order valence-electron chi connectivity index (χ3n) is 3.97. The Balaban J connectivity index is 2.16. The Morgan fingerprint density at radius 1 is 0.955 bits per heavy atom. The highest BCUT2D eigenvalue weighted by Gasteiger charge is 2.46. The third kappa shape index (κ3) is 2.13. The summed E-state index contributed by atoms with van der Waals surface area (Å²) >= 11 is 0. The molecule has 0 saturated heterocycles. The van der Waals surface area contributed by atoms with Gasteiger partial charge in [-0.2, -0.15) is 5.10 Å². The molecule has 1 aliphatic heterocycles. The molecule has 4 nitrogen and oxygen atoms in total. The predicted molar refractivity (Wildman–Crippen MR) is 86.2 cm³/mol. The van der Waals surface area contributed by atoms with Crippen LogP contribution in [0.2, 0.25) is 0 Å². The highest BCUT2D eigenvalue weighted by Crippen LogP contribution is 2.35. The van der Waals surface area contributed by atoms with Gasteiger partial charge in [0.2, 0.25) is 0 Å². The van der Waals surface area contributed by atoms with Crippen LogP contribution in [0.5, 0.6) is 0 Å². The quantitative estimate of drug-likeness (QED) is 0.817. The lowest BCUT2D eigenvalue weighted by Crippen LogP contribution is -2.43. The minimum atomic E-state index is -0.726. The minimum absolute atomic E-state index is 0.306. The van der Waals surface area contributed by atoms with Gasteiger partial charge in [-0.05, 0) is 18.1 Å². The molecule has 0 spiro atoms. The molecule has 0 saturated carbocycles. The van der Waals surface area contributed by atoms with Crippen LogP contribution in [-0.2, 0) is 14.9 Å². The van der Waals surface area contributed by atoms with Gasteiger partial charge in [-0.1, -0.05) is 60.7 Å². The van der Waals surface area contributed by atoms with Crippen molar-refractivity contribution in [2.45, 2.75) is 12.3 Å². The van der Waals surface area contributed by atoms with Crippen LogP contribution in [0.4, 0.5) is 0 Å². The molecule has 2 aromatic carbocycles. The lowest BCUT2D eigenvalue weighted by molar-refractivity contribution is -0.133. The Morgan fingerprint density at radius 3 is 2.14 bits per heavy atom. The fraction of sp³-hybridized carbons (Fsp3) is 0.167. The summed E-state index contributed by atoms with van der Waals surface area (Å²) in [7, 11) is 1.36. The topological polar surface area (TPSA) is 51.0 Å². The Hall–Kier alpha value is -2.75. The lowest BCUT2D eigenvalue weighted by atomic mass is 9.72. The molecule has 110 valence electrons. The number of ether oxygens (including phenoxy) is 1. The third-order valence-corrected chi connectivity index (χ3v) is 3.97. The van der Waals surface area contributed by atoms with Crippen LogP contribution in [0.1, 0.15) is 18.1 Å². The Labute approximate surface area is 129 Å². The maximum atomic E-state index is 12.2. The first-order chi connectivity index (χ1) is 10.7. The molecule has 3 rings (SSSR count). The average molecular weight is 292 g/mol. The van der Waals surface area contributed by atoms with E-state index in [1.807, 2.05) is 67.6 Å². The summed E-state index contributed by atoms with van der Waals surface area (Å²) in [6, 6.07) is 19.5. The molecule has 0 fully saturated rings. The summed E-state index contributed by atoms with van der Waals surface area (Å²) in [4.78, 5) is 12.2. The highest BCUT2D eigenvalue weighted by molar-refractivity contribution is 6.48. The largest absolute Gasteiger partial charge is 0.464 e. The molecule has 0 N–H and O–H groups in total. The number of rotatable bonds is 3. The van der Waals surface area contributed by atoms with Crippen molar-refractivity contribution in [3.05, 3.63) is 71.8 Å². The molecule has 0 aliphatic carbocycles. The first-order valence-corrected chi connectivity index (χ1v) is 7.04. The van der Waals surface area contributed by atoms with Crippen molar-refractivity contribution in [1.82, 2.24) is 0 Å². The first kappa shape index (κ1) is 14.2. The normalized spacial score (nSPS) is 20.3. The van der Waals surface area contributed by atoms with E-state index in [1.165, 1.54) is 7.11 Å². The van der Waals surface area contributed by atoms with Crippen LogP contribution in [-0.4, -0.2) is 24.5 Å². The summed E-state index contributed by atoms with van der Waals surface area (Å²) < 4.78 is 4.89. The molecule has 1 atom stereocenters. The van der Waals surface area contributed by atoms with Gasteiger partial charge in [0.15, 0.2) is 5.71 Å². The fourth-order valence-corrected chi connectivity index (χ4v) is 2.74. The second-order valence-corrected chi connectivity index (χ2v) is 5.25. The van der Waals surface area contributed by atoms with Gasteiger partial charge in [0.05, 0.1) is 18.2 Å². The molecule has 4 heteroatoms. The van der Waals surface area contributed by atoms with Crippen LogP contribution in [0, 0.1) is 0 Å². The predicted octanol–water partition coefficient (Wildman–Crippen LogP) is 2.98. The lowest BCUT2D eigenvalue weighted by Gasteiger charge is -2.27. The average Bonchev–Trinajstić information content (AvgIpc) is 2.94. The van der Waals surface area contributed by atoms with Crippen LogP contribution >= 0.6 is 0 Å². The second kappa shape index (κ2) is 5.56. The van der Waals surface area contributed by atoms with Gasteiger partial charge >= 0.3 is 5.97 Å². The van der Waals surface area contributed by atoms with E-state index in [1.54, 1.807) is 0 Å². The van der Waals surface area contributed by atoms with Crippen molar-refractivity contribution in [3.8, 4) is 0 Å². The summed E-state index contributed by atoms with van der Waals surface area (Å²) in [6.07, 6.45) is 0. The Bertz CT molecular complexity index is 751. The molecule has 0 radical (unpaired) electrons. The van der Waals surface area contributed by atoms with Crippen LogP contribution in [0.15, 0.2) is 70.9 Å². The molecule has 1 unspecified atom stereocenters. The molecular weight excluding hydrogens is 276 g/mol. The zero-order valence-electron chi connectivity index (χ0n) is 12.5. The van der Waals surface area contributed by atoms with Crippen molar-refractivity contribution in [1.29, 1.82) is 0 Å². The monoisotopic (exact) mass is 292 g/mol. The molecular formula is C18H16N2O2. The number of esters is 1. The maximum Gasteiger partial charge on any atom is 0.355 e. The fourth-order valence-electron chi connectivity index (χ4n) is 2.74. The van der Waals surface area contributed by atoms with E-state index in [0.717, 1.165) is 16.8 Å². The zero-order valence-corrected chi connectivity index (χ0v) is 12.5. The van der Waals surface area contributed by atoms with E-state index in [4.69, 9.17) is 4.74 Å².